The van der Waals surface area contributed by atoms with Crippen molar-refractivity contribution in [2.24, 2.45) is 5.92 Å². The van der Waals surface area contributed by atoms with Crippen LogP contribution < -0.4 is 10.4 Å². The highest BCUT2D eigenvalue weighted by molar-refractivity contribution is 6.99. The lowest BCUT2D eigenvalue weighted by Gasteiger charge is -2.43. The zero-order valence-electron chi connectivity index (χ0n) is 21.6. The maximum Gasteiger partial charge on any atom is 0.338 e. The van der Waals surface area contributed by atoms with Crippen LogP contribution in [0.1, 0.15) is 38.1 Å². The molecule has 194 valence electrons. The summed E-state index contributed by atoms with van der Waals surface area (Å²) >= 11 is 0. The van der Waals surface area contributed by atoms with E-state index in [-0.39, 0.29) is 28.8 Å². The Morgan fingerprint density at radius 3 is 2.00 bits per heavy atom. The molecule has 3 aromatic carbocycles. The molecule has 1 saturated heterocycles. The van der Waals surface area contributed by atoms with Crippen molar-refractivity contribution >= 4 is 30.3 Å². The zero-order valence-corrected chi connectivity index (χ0v) is 22.6. The predicted octanol–water partition coefficient (Wildman–Crippen LogP) is 4.73. The quantitative estimate of drug-likeness (QED) is 0.185. The Hall–Kier alpha value is -3.33. The van der Waals surface area contributed by atoms with E-state index in [1.807, 2.05) is 43.3 Å². The van der Waals surface area contributed by atoms with Gasteiger partial charge >= 0.3 is 5.97 Å². The summed E-state index contributed by atoms with van der Waals surface area (Å²) in [6, 6.07) is 26.1. The van der Waals surface area contributed by atoms with Crippen molar-refractivity contribution < 1.29 is 23.6 Å². The average Bonchev–Trinajstić information content (AvgIpc) is 3.23. The standard InChI is InChI=1S/C29H33NO6Si/c1-21-19-34-26(27(21)36-28(31)22-15-17-23(18-16-22)30(32)33)20-35-37(29(2,3)4,24-11-7-5-8-12-24)25-13-9-6-10-14-25/h5-18,21,26-27H,19-20H2,1-4H3/t21-,26-,27+/m1/s1. The van der Waals surface area contributed by atoms with Crippen LogP contribution in [0.3, 0.4) is 0 Å². The van der Waals surface area contributed by atoms with Crippen molar-refractivity contribution in [3.8, 4) is 0 Å². The molecule has 4 rings (SSSR count). The van der Waals surface area contributed by atoms with Gasteiger partial charge in [-0.2, -0.15) is 0 Å². The number of non-ortho nitro benzene ring substituents is 1. The number of hydrogen-bond acceptors (Lipinski definition) is 6. The SMILES string of the molecule is C[C@@H]1CO[C@H](CO[Si](c2ccccc2)(c2ccccc2)C(C)(C)C)[C@H]1OC(=O)c1ccc([N+](=O)[O-])cc1. The predicted molar refractivity (Wildman–Crippen MR) is 145 cm³/mol. The Morgan fingerprint density at radius 1 is 0.973 bits per heavy atom. The van der Waals surface area contributed by atoms with Crippen molar-refractivity contribution in [3.63, 3.8) is 0 Å². The highest BCUT2D eigenvalue weighted by Gasteiger charge is 2.51. The molecule has 7 nitrogen and oxygen atoms in total. The van der Waals surface area contributed by atoms with Crippen LogP contribution in [0.15, 0.2) is 84.9 Å². The molecule has 1 aliphatic heterocycles. The van der Waals surface area contributed by atoms with E-state index in [1.165, 1.54) is 34.6 Å². The average molecular weight is 520 g/mol. The van der Waals surface area contributed by atoms with Gasteiger partial charge in [-0.05, 0) is 27.5 Å². The van der Waals surface area contributed by atoms with Crippen molar-refractivity contribution in [3.05, 3.63) is 101 Å². The lowest BCUT2D eigenvalue weighted by molar-refractivity contribution is -0.384. The second kappa shape index (κ2) is 11.0. The van der Waals surface area contributed by atoms with Gasteiger partial charge in [0.05, 0.1) is 23.7 Å². The fourth-order valence-electron chi connectivity index (χ4n) is 5.05. The van der Waals surface area contributed by atoms with Gasteiger partial charge in [-0.25, -0.2) is 4.79 Å². The molecule has 0 unspecified atom stereocenters. The Labute approximate surface area is 218 Å². The number of carbonyl (C=O) groups is 1. The van der Waals surface area contributed by atoms with E-state index in [0.29, 0.717) is 6.61 Å². The van der Waals surface area contributed by atoms with Gasteiger partial charge in [-0.15, -0.1) is 0 Å². The second-order valence-electron chi connectivity index (χ2n) is 10.5. The molecular weight excluding hydrogens is 486 g/mol. The number of esters is 1. The largest absolute Gasteiger partial charge is 0.456 e. The number of rotatable bonds is 8. The Morgan fingerprint density at radius 2 is 1.51 bits per heavy atom. The molecule has 0 N–H and O–H groups in total. The summed E-state index contributed by atoms with van der Waals surface area (Å²) in [6.07, 6.45) is -0.931. The van der Waals surface area contributed by atoms with E-state index >= 15 is 0 Å². The third kappa shape index (κ3) is 5.51. The van der Waals surface area contributed by atoms with Crippen molar-refractivity contribution in [1.29, 1.82) is 0 Å². The van der Waals surface area contributed by atoms with Crippen LogP contribution in [-0.2, 0) is 13.9 Å². The van der Waals surface area contributed by atoms with Gasteiger partial charge in [-0.1, -0.05) is 88.4 Å². The van der Waals surface area contributed by atoms with Crippen molar-refractivity contribution in [2.45, 2.75) is 44.9 Å². The summed E-state index contributed by atoms with van der Waals surface area (Å²) in [6.45, 7) is 9.34. The monoisotopic (exact) mass is 519 g/mol. The van der Waals surface area contributed by atoms with Gasteiger partial charge < -0.3 is 13.9 Å². The van der Waals surface area contributed by atoms with E-state index in [1.54, 1.807) is 0 Å². The number of nitrogens with zero attached hydrogens (tertiary/aromatic N) is 1. The zero-order chi connectivity index (χ0) is 26.6. The van der Waals surface area contributed by atoms with Crippen LogP contribution in [0, 0.1) is 16.0 Å². The molecule has 37 heavy (non-hydrogen) atoms. The first-order valence-electron chi connectivity index (χ1n) is 12.5. The third-order valence-corrected chi connectivity index (χ3v) is 11.9. The molecule has 0 saturated carbocycles. The molecule has 0 spiro atoms. The summed E-state index contributed by atoms with van der Waals surface area (Å²) in [4.78, 5) is 23.3. The van der Waals surface area contributed by atoms with Gasteiger partial charge in [0.25, 0.3) is 14.0 Å². The third-order valence-electron chi connectivity index (χ3n) is 6.94. The number of nitro groups is 1. The summed E-state index contributed by atoms with van der Waals surface area (Å²) < 4.78 is 19.0. The molecule has 0 radical (unpaired) electrons. The van der Waals surface area contributed by atoms with Crippen molar-refractivity contribution in [1.82, 2.24) is 0 Å². The van der Waals surface area contributed by atoms with Gasteiger partial charge in [0.15, 0.2) is 0 Å². The summed E-state index contributed by atoms with van der Waals surface area (Å²) in [5, 5.41) is 13.1. The maximum absolute atomic E-state index is 12.9. The second-order valence-corrected chi connectivity index (χ2v) is 14.8. The highest BCUT2D eigenvalue weighted by Crippen LogP contribution is 2.37. The summed E-state index contributed by atoms with van der Waals surface area (Å²) in [5.74, 6) is -0.553. The fraction of sp³-hybridized carbons (Fsp3) is 0.345. The molecular formula is C29H33NO6Si. The first-order chi connectivity index (χ1) is 17.6. The van der Waals surface area contributed by atoms with Gasteiger partial charge in [0.1, 0.15) is 12.2 Å². The molecule has 0 aliphatic carbocycles. The van der Waals surface area contributed by atoms with Crippen LogP contribution >= 0.6 is 0 Å². The molecule has 1 fully saturated rings. The minimum atomic E-state index is -2.77. The number of nitro benzene ring substituents is 1. The number of hydrogen-bond donors (Lipinski definition) is 0. The van der Waals surface area contributed by atoms with Crippen molar-refractivity contribution in [2.75, 3.05) is 13.2 Å². The molecule has 3 atom stereocenters. The van der Waals surface area contributed by atoms with Crippen LogP contribution in [0.25, 0.3) is 0 Å². The Bertz CT molecular complexity index is 1170. The molecule has 0 amide bonds. The minimum absolute atomic E-state index is 0.0187. The minimum Gasteiger partial charge on any atom is -0.456 e. The molecule has 8 heteroatoms. The summed E-state index contributed by atoms with van der Waals surface area (Å²) in [7, 11) is -2.77. The van der Waals surface area contributed by atoms with E-state index < -0.39 is 31.4 Å². The number of carbonyl (C=O) groups excluding carboxylic acids is 1. The molecule has 1 heterocycles. The van der Waals surface area contributed by atoms with Crippen LogP contribution in [0.4, 0.5) is 5.69 Å². The van der Waals surface area contributed by atoms with E-state index in [0.717, 1.165) is 0 Å². The van der Waals surface area contributed by atoms with Gasteiger partial charge in [0.2, 0.25) is 0 Å². The molecule has 1 aliphatic rings. The first kappa shape index (κ1) is 26.7. The van der Waals surface area contributed by atoms with Crippen LogP contribution in [-0.4, -0.2) is 44.6 Å². The number of ether oxygens (including phenoxy) is 2. The molecule has 3 aromatic rings. The topological polar surface area (TPSA) is 87.9 Å². The summed E-state index contributed by atoms with van der Waals surface area (Å²) in [5.41, 5.74) is 0.182. The fourth-order valence-corrected chi connectivity index (χ4v) is 9.62. The van der Waals surface area contributed by atoms with Gasteiger partial charge in [-0.3, -0.25) is 10.1 Å². The maximum atomic E-state index is 12.9. The Kier molecular flexibility index (Phi) is 7.92. The highest BCUT2D eigenvalue weighted by atomic mass is 28.4. The normalized spacial score (nSPS) is 19.9. The van der Waals surface area contributed by atoms with Crippen LogP contribution in [0.2, 0.25) is 5.04 Å². The van der Waals surface area contributed by atoms with Crippen LogP contribution in [0.5, 0.6) is 0 Å². The molecule has 0 aromatic heterocycles. The molecule has 0 bridgehead atoms. The lowest BCUT2D eigenvalue weighted by Crippen LogP contribution is -2.67. The van der Waals surface area contributed by atoms with E-state index in [2.05, 4.69) is 45.0 Å². The Balaban J connectivity index is 1.59. The first-order valence-corrected chi connectivity index (χ1v) is 14.4. The van der Waals surface area contributed by atoms with E-state index in [4.69, 9.17) is 13.9 Å². The lowest BCUT2D eigenvalue weighted by atomic mass is 10.0. The smallest absolute Gasteiger partial charge is 0.338 e. The van der Waals surface area contributed by atoms with E-state index in [9.17, 15) is 14.9 Å². The number of benzene rings is 3. The van der Waals surface area contributed by atoms with Gasteiger partial charge in [0, 0.05) is 18.1 Å².